The number of hydrogen-bond acceptors (Lipinski definition) is 4. The van der Waals surface area contributed by atoms with Gasteiger partial charge in [0.2, 0.25) is 0 Å². The van der Waals surface area contributed by atoms with E-state index in [2.05, 4.69) is 23.8 Å². The lowest BCUT2D eigenvalue weighted by Gasteiger charge is -2.05. The van der Waals surface area contributed by atoms with E-state index in [-0.39, 0.29) is 12.2 Å². The van der Waals surface area contributed by atoms with E-state index >= 15 is 0 Å². The van der Waals surface area contributed by atoms with E-state index in [9.17, 15) is 4.79 Å². The van der Waals surface area contributed by atoms with Gasteiger partial charge in [-0.1, -0.05) is 38.1 Å². The van der Waals surface area contributed by atoms with Crippen LogP contribution >= 0.6 is 11.3 Å². The molecule has 2 aromatic heterocycles. The lowest BCUT2D eigenvalue weighted by atomic mass is 10.0. The molecule has 2 N–H and O–H groups in total. The Morgan fingerprint density at radius 2 is 1.91 bits per heavy atom. The summed E-state index contributed by atoms with van der Waals surface area (Å²) < 4.78 is 0. The Morgan fingerprint density at radius 3 is 2.57 bits per heavy atom. The summed E-state index contributed by atoms with van der Waals surface area (Å²) in [6.45, 7) is 4.33. The number of nitrogens with one attached hydrogen (secondary N) is 1. The van der Waals surface area contributed by atoms with E-state index in [0.29, 0.717) is 18.2 Å². The first-order valence-electron chi connectivity index (χ1n) is 7.74. The molecule has 120 valence electrons. The van der Waals surface area contributed by atoms with Crippen LogP contribution in [-0.2, 0) is 19.4 Å². The molecule has 4 nitrogen and oxygen atoms in total. The third kappa shape index (κ3) is 3.51. The number of benzene rings is 1. The molecule has 0 aliphatic carbocycles. The summed E-state index contributed by atoms with van der Waals surface area (Å²) in [4.78, 5) is 20.8. The molecule has 0 aliphatic heterocycles. The van der Waals surface area contributed by atoms with E-state index in [4.69, 9.17) is 5.11 Å². The highest BCUT2D eigenvalue weighted by molar-refractivity contribution is 7.16. The molecule has 3 aromatic rings. The predicted molar refractivity (Wildman–Crippen MR) is 94.0 cm³/mol. The number of H-pyrrole nitrogens is 1. The molecule has 0 amide bonds. The molecule has 0 saturated heterocycles. The third-order valence-electron chi connectivity index (χ3n) is 3.77. The van der Waals surface area contributed by atoms with Gasteiger partial charge in [-0.3, -0.25) is 4.79 Å². The van der Waals surface area contributed by atoms with E-state index < -0.39 is 0 Å². The summed E-state index contributed by atoms with van der Waals surface area (Å²) in [7, 11) is 0. The number of aromatic nitrogens is 2. The Labute approximate surface area is 138 Å². The number of thiophene rings is 1. The zero-order valence-corrected chi connectivity index (χ0v) is 14.1. The average molecular weight is 328 g/mol. The van der Waals surface area contributed by atoms with Gasteiger partial charge in [-0.2, -0.15) is 0 Å². The second-order valence-corrected chi connectivity index (χ2v) is 7.06. The molecule has 0 bridgehead atoms. The Bertz CT molecular complexity index is 863. The lowest BCUT2D eigenvalue weighted by molar-refractivity contribution is 0.282. The zero-order chi connectivity index (χ0) is 16.4. The maximum absolute atomic E-state index is 12.4. The second-order valence-electron chi connectivity index (χ2n) is 6.20. The van der Waals surface area contributed by atoms with Crippen LogP contribution in [0.3, 0.4) is 0 Å². The fourth-order valence-corrected chi connectivity index (χ4v) is 3.65. The summed E-state index contributed by atoms with van der Waals surface area (Å²) in [5, 5.41) is 11.9. The number of aromatic amines is 1. The molecule has 3 rings (SSSR count). The minimum absolute atomic E-state index is 0.0369. The molecule has 5 heteroatoms. The van der Waals surface area contributed by atoms with Gasteiger partial charge in [0.05, 0.1) is 12.0 Å². The number of hydrogen-bond donors (Lipinski definition) is 2. The second kappa shape index (κ2) is 6.64. The van der Waals surface area contributed by atoms with Crippen molar-refractivity contribution in [2.75, 3.05) is 0 Å². The van der Waals surface area contributed by atoms with Gasteiger partial charge in [0.15, 0.2) is 0 Å². The first-order valence-corrected chi connectivity index (χ1v) is 8.62. The number of rotatable bonds is 5. The van der Waals surface area contributed by atoms with Crippen molar-refractivity contribution in [2.24, 2.45) is 5.92 Å². The summed E-state index contributed by atoms with van der Waals surface area (Å²) in [5.74, 6) is 1.19. The Hall–Kier alpha value is -1.98. The molecule has 0 atom stereocenters. The van der Waals surface area contributed by atoms with E-state index in [1.165, 1.54) is 11.3 Å². The molecule has 1 aromatic carbocycles. The van der Waals surface area contributed by atoms with Crippen LogP contribution in [0.1, 0.15) is 36.4 Å². The molecule has 2 heterocycles. The van der Waals surface area contributed by atoms with Gasteiger partial charge in [-0.05, 0) is 34.4 Å². The molecular formula is C18H20N2O2S. The molecule has 0 spiro atoms. The highest BCUT2D eigenvalue weighted by atomic mass is 32.1. The highest BCUT2D eigenvalue weighted by Gasteiger charge is 2.12. The first kappa shape index (κ1) is 15.9. The number of nitrogens with zero attached hydrogens (tertiary/aromatic N) is 1. The molecule has 23 heavy (non-hydrogen) atoms. The van der Waals surface area contributed by atoms with Crippen molar-refractivity contribution < 1.29 is 5.11 Å². The van der Waals surface area contributed by atoms with Crippen molar-refractivity contribution in [1.29, 1.82) is 0 Å². The van der Waals surface area contributed by atoms with Gasteiger partial charge in [0, 0.05) is 6.42 Å². The molecular weight excluding hydrogens is 308 g/mol. The minimum Gasteiger partial charge on any atom is -0.392 e. The SMILES string of the molecule is CC(C)Cc1csc2nc(Cc3ccc(CO)cc3)[nH]c(=O)c12. The Morgan fingerprint density at radius 1 is 1.22 bits per heavy atom. The molecule has 0 unspecified atom stereocenters. The maximum Gasteiger partial charge on any atom is 0.259 e. The zero-order valence-electron chi connectivity index (χ0n) is 13.3. The van der Waals surface area contributed by atoms with Crippen LogP contribution in [0.2, 0.25) is 0 Å². The van der Waals surface area contributed by atoms with Crippen molar-refractivity contribution in [3.8, 4) is 0 Å². The largest absolute Gasteiger partial charge is 0.392 e. The van der Waals surface area contributed by atoms with Gasteiger partial charge >= 0.3 is 0 Å². The van der Waals surface area contributed by atoms with Crippen LogP contribution < -0.4 is 5.56 Å². The monoisotopic (exact) mass is 328 g/mol. The predicted octanol–water partition coefficient (Wildman–Crippen LogP) is 3.27. The van der Waals surface area contributed by atoms with Crippen LogP contribution in [-0.4, -0.2) is 15.1 Å². The van der Waals surface area contributed by atoms with Crippen molar-refractivity contribution in [3.63, 3.8) is 0 Å². The number of aliphatic hydroxyl groups excluding tert-OH is 1. The van der Waals surface area contributed by atoms with Crippen LogP contribution in [0, 0.1) is 5.92 Å². The summed E-state index contributed by atoms with van der Waals surface area (Å²) >= 11 is 1.54. The van der Waals surface area contributed by atoms with Crippen molar-refractivity contribution in [1.82, 2.24) is 9.97 Å². The Balaban J connectivity index is 1.92. The van der Waals surface area contributed by atoms with Gasteiger partial charge in [0.1, 0.15) is 10.7 Å². The summed E-state index contributed by atoms with van der Waals surface area (Å²) in [5.41, 5.74) is 2.98. The topological polar surface area (TPSA) is 66.0 Å². The van der Waals surface area contributed by atoms with Gasteiger partial charge in [-0.15, -0.1) is 11.3 Å². The number of fused-ring (bicyclic) bond motifs is 1. The van der Waals surface area contributed by atoms with Crippen molar-refractivity contribution in [2.45, 2.75) is 33.3 Å². The molecule has 0 radical (unpaired) electrons. The fourth-order valence-electron chi connectivity index (χ4n) is 2.68. The van der Waals surface area contributed by atoms with Crippen LogP contribution in [0.25, 0.3) is 10.2 Å². The van der Waals surface area contributed by atoms with Gasteiger partial charge < -0.3 is 10.1 Å². The molecule has 0 fully saturated rings. The quantitative estimate of drug-likeness (QED) is 0.755. The van der Waals surface area contributed by atoms with E-state index in [1.54, 1.807) is 0 Å². The van der Waals surface area contributed by atoms with Crippen LogP contribution in [0.4, 0.5) is 0 Å². The Kier molecular flexibility index (Phi) is 4.59. The van der Waals surface area contributed by atoms with Gasteiger partial charge in [-0.25, -0.2) is 4.98 Å². The van der Waals surface area contributed by atoms with E-state index in [0.717, 1.165) is 33.3 Å². The smallest absolute Gasteiger partial charge is 0.259 e. The fraction of sp³-hybridized carbons (Fsp3) is 0.333. The van der Waals surface area contributed by atoms with E-state index in [1.807, 2.05) is 29.6 Å². The third-order valence-corrected chi connectivity index (χ3v) is 4.70. The average Bonchev–Trinajstić information content (AvgIpc) is 2.90. The molecule has 0 aliphatic rings. The normalized spacial score (nSPS) is 11.5. The highest BCUT2D eigenvalue weighted by Crippen LogP contribution is 2.23. The standard InChI is InChI=1S/C18H20N2O2S/c1-11(2)7-14-10-23-18-16(14)17(22)19-15(20-18)8-12-3-5-13(9-21)6-4-12/h3-6,10-11,21H,7-9H2,1-2H3,(H,19,20,22). The molecule has 0 saturated carbocycles. The summed E-state index contributed by atoms with van der Waals surface area (Å²) in [6.07, 6.45) is 1.47. The van der Waals surface area contributed by atoms with Crippen LogP contribution in [0.15, 0.2) is 34.4 Å². The van der Waals surface area contributed by atoms with Crippen molar-refractivity contribution in [3.05, 3.63) is 62.5 Å². The first-order chi connectivity index (χ1) is 11.1. The van der Waals surface area contributed by atoms with Crippen LogP contribution in [0.5, 0.6) is 0 Å². The summed E-state index contributed by atoms with van der Waals surface area (Å²) in [6, 6.07) is 7.68. The maximum atomic E-state index is 12.4. The minimum atomic E-state index is -0.0473. The lowest BCUT2D eigenvalue weighted by Crippen LogP contribution is -2.12. The van der Waals surface area contributed by atoms with Crippen molar-refractivity contribution >= 4 is 21.6 Å². The number of aliphatic hydroxyl groups is 1. The van der Waals surface area contributed by atoms with Gasteiger partial charge in [0.25, 0.3) is 5.56 Å².